The van der Waals surface area contributed by atoms with Gasteiger partial charge in [0.1, 0.15) is 35.8 Å². The van der Waals surface area contributed by atoms with Gasteiger partial charge in [-0.15, -0.1) is 0 Å². The summed E-state index contributed by atoms with van der Waals surface area (Å²) < 4.78 is 73.0. The van der Waals surface area contributed by atoms with Crippen molar-refractivity contribution < 1.29 is 70.4 Å². The Morgan fingerprint density at radius 2 is 0.694 bits per heavy atom. The van der Waals surface area contributed by atoms with Gasteiger partial charge in [0.05, 0.1) is 54.7 Å². The first kappa shape index (κ1) is 76.5. The zero-order valence-corrected chi connectivity index (χ0v) is 62.2. The summed E-state index contributed by atoms with van der Waals surface area (Å²) in [4.78, 5) is 87.7. The molecule has 6 saturated carbocycles. The van der Waals surface area contributed by atoms with Gasteiger partial charge in [-0.05, 0) is 261 Å². The van der Waals surface area contributed by atoms with Crippen molar-refractivity contribution >= 4 is 54.4 Å². The normalized spacial score (nSPS) is 31.4. The van der Waals surface area contributed by atoms with E-state index in [1.165, 1.54) is 36.4 Å². The molecule has 0 spiro atoms. The van der Waals surface area contributed by atoms with Crippen LogP contribution in [0.5, 0.6) is 0 Å². The van der Waals surface area contributed by atoms with E-state index in [1.54, 1.807) is 57.6 Å². The second-order valence-corrected chi connectivity index (χ2v) is 30.8. The number of pyridine rings is 3. The number of nitrogens with zero attached hydrogens (tertiary/aromatic N) is 3. The Bertz CT molecular complexity index is 3830. The van der Waals surface area contributed by atoms with Crippen LogP contribution >= 0.6 is 0 Å². The van der Waals surface area contributed by atoms with Crippen LogP contribution in [0.2, 0.25) is 0 Å². The van der Waals surface area contributed by atoms with Gasteiger partial charge in [0.25, 0.3) is 0 Å². The molecule has 18 nitrogen and oxygen atoms in total. The van der Waals surface area contributed by atoms with Crippen LogP contribution in [0.3, 0.4) is 0 Å². The molecule has 9 aliphatic rings. The van der Waals surface area contributed by atoms with Gasteiger partial charge < -0.3 is 44.4 Å². The second kappa shape index (κ2) is 34.7. The van der Waals surface area contributed by atoms with E-state index in [0.717, 1.165) is 128 Å². The number of alkyl carbamates (subject to hydrolysis) is 3. The number of aromatic nitrogens is 3. The van der Waals surface area contributed by atoms with Gasteiger partial charge in [0.2, 0.25) is 0 Å². The molecule has 6 aliphatic carbocycles. The molecular weight excluding hydrogens is 1380 g/mol. The maximum Gasteiger partial charge on any atom is 0.407 e. The van der Waals surface area contributed by atoms with Gasteiger partial charge in [-0.1, -0.05) is 72.8 Å². The number of ether oxygens (including phenoxy) is 6. The smallest absolute Gasteiger partial charge is 0.407 e. The Kier molecular flexibility index (Phi) is 24.6. The van der Waals surface area contributed by atoms with Crippen molar-refractivity contribution in [3.8, 4) is 33.4 Å². The van der Waals surface area contributed by atoms with E-state index in [0.29, 0.717) is 55.3 Å². The summed E-state index contributed by atoms with van der Waals surface area (Å²) in [5, 5.41) is 9.00. The largest absolute Gasteiger partial charge is 0.462 e. The second-order valence-electron chi connectivity index (χ2n) is 30.8. The van der Waals surface area contributed by atoms with E-state index in [-0.39, 0.29) is 143 Å². The van der Waals surface area contributed by atoms with Crippen LogP contribution in [0, 0.1) is 106 Å². The number of carbonyl (C=O) groups excluding carboxylic acids is 6. The quantitative estimate of drug-likeness (QED) is 0.0641. The highest BCUT2D eigenvalue weighted by atomic mass is 19.1. The average Bonchev–Trinajstić information content (AvgIpc) is 1.54. The van der Waals surface area contributed by atoms with Crippen molar-refractivity contribution in [3.05, 3.63) is 181 Å². The number of carbonyl (C=O) groups is 6. The van der Waals surface area contributed by atoms with Gasteiger partial charge in [-0.3, -0.25) is 29.3 Å². The van der Waals surface area contributed by atoms with Crippen molar-refractivity contribution in [2.45, 2.75) is 155 Å². The third-order valence-corrected chi connectivity index (χ3v) is 24.5. The third-order valence-electron chi connectivity index (χ3n) is 24.5. The number of cyclic esters (lactones) is 3. The Labute approximate surface area is 630 Å². The number of fused-ring (bicyclic) bond motifs is 6. The highest BCUT2D eigenvalue weighted by Crippen LogP contribution is 2.57. The molecular formula is C87H99F3N6O12. The maximum absolute atomic E-state index is 13.6. The lowest BCUT2D eigenvalue weighted by molar-refractivity contribution is -0.145. The van der Waals surface area contributed by atoms with E-state index >= 15 is 0 Å². The van der Waals surface area contributed by atoms with Crippen molar-refractivity contribution in [1.29, 1.82) is 0 Å². The highest BCUT2D eigenvalue weighted by molar-refractivity contribution is 5.78. The molecule has 6 heterocycles. The van der Waals surface area contributed by atoms with E-state index in [4.69, 9.17) is 28.4 Å². The molecule has 21 heteroatoms. The number of nitrogens with one attached hydrogen (secondary N) is 3. The molecule has 570 valence electrons. The lowest BCUT2D eigenvalue weighted by Crippen LogP contribution is -2.48. The molecule has 15 rings (SSSR count). The molecule has 3 amide bonds. The molecule has 108 heavy (non-hydrogen) atoms. The molecule has 6 aromatic rings. The number of halogens is 3. The topological polar surface area (TPSA) is 233 Å². The first-order valence-corrected chi connectivity index (χ1v) is 38.9. The Hall–Kier alpha value is -9.66. The third kappa shape index (κ3) is 17.9. The fourth-order valence-corrected chi connectivity index (χ4v) is 19.9. The van der Waals surface area contributed by atoms with Crippen molar-refractivity contribution in [2.24, 2.45) is 88.8 Å². The number of esters is 3. The van der Waals surface area contributed by atoms with Gasteiger partial charge in [-0.2, -0.15) is 0 Å². The average molecular weight is 1480 g/mol. The van der Waals surface area contributed by atoms with Crippen molar-refractivity contribution in [2.75, 3.05) is 19.8 Å². The molecule has 0 radical (unpaired) electrons. The number of hydrogen-bond acceptors (Lipinski definition) is 15. The summed E-state index contributed by atoms with van der Waals surface area (Å²) in [6.45, 7) is 12.5. The molecule has 3 aromatic carbocycles. The van der Waals surface area contributed by atoms with E-state index < -0.39 is 0 Å². The minimum atomic E-state index is -0.368. The molecule has 0 bridgehead atoms. The number of rotatable bonds is 15. The Balaban J connectivity index is 0.000000143. The zero-order valence-electron chi connectivity index (χ0n) is 62.2. The standard InChI is InChI=1S/3C29H33FN2O4/c3*1-3-35-29(34)32-23-10-11-24-20(14-23)15-26-27(17(2)36-28(26)33)25(24)12-9-22-8-7-19(16-31-22)18-5-4-6-21(30)13-18/h3*4-9,12-13,16-17,20,23-27H,3,10-11,14-15H2,1-2H3,(H,32,34)/b3*12-9+/t17-,20+,23+,24-,25+,26-,27+;17-,20-,23+,24+,25+,26+,27-;17-,20-,23+,24+,25-,26-,27-/m100/s1. The number of allylic oxidation sites excluding steroid dienone is 3. The van der Waals surface area contributed by atoms with Gasteiger partial charge in [0.15, 0.2) is 0 Å². The summed E-state index contributed by atoms with van der Waals surface area (Å²) in [6.07, 6.45) is 27.2. The Morgan fingerprint density at radius 1 is 0.407 bits per heavy atom. The van der Waals surface area contributed by atoms with Crippen LogP contribution in [-0.2, 0) is 42.8 Å². The molecule has 21 atom stereocenters. The van der Waals surface area contributed by atoms with Gasteiger partial charge >= 0.3 is 36.2 Å². The molecule has 9 fully saturated rings. The van der Waals surface area contributed by atoms with Crippen LogP contribution in [0.4, 0.5) is 27.6 Å². The summed E-state index contributed by atoms with van der Waals surface area (Å²) in [6, 6.07) is 31.3. The minimum absolute atomic E-state index is 0.0679. The van der Waals surface area contributed by atoms with Crippen LogP contribution in [0.15, 0.2) is 146 Å². The predicted molar refractivity (Wildman–Crippen MR) is 402 cm³/mol. The molecule has 3 aliphatic heterocycles. The zero-order chi connectivity index (χ0) is 75.7. The summed E-state index contributed by atoms with van der Waals surface area (Å²) in [5.74, 6) is 1.89. The van der Waals surface area contributed by atoms with Crippen LogP contribution in [0.25, 0.3) is 51.6 Å². The first-order valence-electron chi connectivity index (χ1n) is 38.9. The van der Waals surface area contributed by atoms with Gasteiger partial charge in [0, 0.05) is 71.2 Å². The molecule has 3 aromatic heterocycles. The van der Waals surface area contributed by atoms with Gasteiger partial charge in [-0.25, -0.2) is 27.6 Å². The minimum Gasteiger partial charge on any atom is -0.462 e. The first-order chi connectivity index (χ1) is 52.3. The SMILES string of the molecule is CCOC(=O)N[C@@H]1CC[C@@H]2[C@@H](C1)C[C@@H]1C(=O)O[C@@H](C)[C@H]1[C@H]2/C=C/c1ccc(-c2cccc(F)c2)cn1.CCOC(=O)N[C@@H]1CC[C@@H]2[C@@H](C1)C[C@H]1C(=O)O[C@@H](C)[C@H]1[C@@H]2/C=C/c1ccc(-c2cccc(F)c2)cn1.CCOC(=O)N[C@H]1CC[C@@H]2[C@@H](C1)C[C@H]1C(=O)O[C@H](C)[C@H]1[C@H]2/C=C/c1ccc(-c2cccc(F)c2)cn1. The maximum atomic E-state index is 13.6. The van der Waals surface area contributed by atoms with Crippen molar-refractivity contribution in [1.82, 2.24) is 30.9 Å². The molecule has 3 N–H and O–H groups in total. The monoisotopic (exact) mass is 1480 g/mol. The fraction of sp³-hybridized carbons (Fsp3) is 0.483. The number of benzene rings is 3. The van der Waals surface area contributed by atoms with Crippen LogP contribution in [0.1, 0.15) is 136 Å². The lowest BCUT2D eigenvalue weighted by Gasteiger charge is -2.47. The molecule has 3 saturated heterocycles. The van der Waals surface area contributed by atoms with E-state index in [2.05, 4.69) is 49.1 Å². The van der Waals surface area contributed by atoms with E-state index in [9.17, 15) is 41.9 Å². The summed E-state index contributed by atoms with van der Waals surface area (Å²) >= 11 is 0. The lowest BCUT2D eigenvalue weighted by atomic mass is 9.57. The summed E-state index contributed by atoms with van der Waals surface area (Å²) in [7, 11) is 0. The van der Waals surface area contributed by atoms with Crippen LogP contribution < -0.4 is 16.0 Å². The van der Waals surface area contributed by atoms with Crippen LogP contribution in [-0.4, -0.2) is 107 Å². The predicted octanol–water partition coefficient (Wildman–Crippen LogP) is 16.9. The van der Waals surface area contributed by atoms with E-state index in [1.807, 2.05) is 93.6 Å². The highest BCUT2D eigenvalue weighted by Gasteiger charge is 2.58. The number of amides is 3. The summed E-state index contributed by atoms with van der Waals surface area (Å²) in [5.41, 5.74) is 7.43. The Morgan fingerprint density at radius 3 is 0.944 bits per heavy atom. The van der Waals surface area contributed by atoms with Crippen molar-refractivity contribution in [3.63, 3.8) is 0 Å². The number of hydrogen-bond donors (Lipinski definition) is 3. The fourth-order valence-electron chi connectivity index (χ4n) is 19.9. The molecule has 0 unspecified atom stereocenters.